The summed E-state index contributed by atoms with van der Waals surface area (Å²) in [4.78, 5) is 3.80. The average molecular weight is 209 g/mol. The zero-order chi connectivity index (χ0) is 11.8. The van der Waals surface area contributed by atoms with E-state index in [0.717, 1.165) is 5.52 Å². The third kappa shape index (κ3) is 3.12. The number of nitrogens with zero attached hydrogens (tertiary/aromatic N) is 3. The third-order valence-corrected chi connectivity index (χ3v) is 1.44. The van der Waals surface area contributed by atoms with E-state index in [1.165, 1.54) is 0 Å². The monoisotopic (exact) mass is 209 g/mol. The minimum Gasteiger partial charge on any atom is -0.382 e. The van der Waals surface area contributed by atoms with Gasteiger partial charge in [-0.25, -0.2) is 4.52 Å². The lowest BCUT2D eigenvalue weighted by atomic mass is 10.5. The van der Waals surface area contributed by atoms with Gasteiger partial charge in [0.25, 0.3) is 0 Å². The first-order valence-electron chi connectivity index (χ1n) is 5.14. The number of rotatable bonds is 0. The third-order valence-electron chi connectivity index (χ3n) is 1.44. The molecule has 0 unspecified atom stereocenters. The Labute approximate surface area is 90.1 Å². The van der Waals surface area contributed by atoms with Crippen LogP contribution < -0.4 is 11.5 Å². The Hall–Kier alpha value is -1.78. The lowest BCUT2D eigenvalue weighted by molar-refractivity contribution is 0.922. The second kappa shape index (κ2) is 6.64. The van der Waals surface area contributed by atoms with Gasteiger partial charge in [0, 0.05) is 6.20 Å². The second-order valence-corrected chi connectivity index (χ2v) is 2.19. The molecule has 0 saturated carbocycles. The molecule has 2 aromatic rings. The molecule has 5 heteroatoms. The minimum absolute atomic E-state index is 0.186. The number of nitrogens with two attached hydrogens (primary N) is 2. The van der Waals surface area contributed by atoms with Crippen molar-refractivity contribution in [3.63, 3.8) is 0 Å². The van der Waals surface area contributed by atoms with Gasteiger partial charge in [0.2, 0.25) is 5.95 Å². The van der Waals surface area contributed by atoms with Crippen LogP contribution >= 0.6 is 0 Å². The van der Waals surface area contributed by atoms with Gasteiger partial charge in [0.1, 0.15) is 5.52 Å². The van der Waals surface area contributed by atoms with E-state index in [2.05, 4.69) is 10.1 Å². The predicted octanol–water partition coefficient (Wildman–Crippen LogP) is 1.95. The molecule has 0 aliphatic carbocycles. The van der Waals surface area contributed by atoms with Gasteiger partial charge >= 0.3 is 0 Å². The molecule has 0 aliphatic heterocycles. The molecular formula is C10H19N5. The molecule has 2 aromatic heterocycles. The first-order valence-corrected chi connectivity index (χ1v) is 5.14. The first-order chi connectivity index (χ1) is 7.27. The second-order valence-electron chi connectivity index (χ2n) is 2.19. The van der Waals surface area contributed by atoms with E-state index in [4.69, 9.17) is 11.5 Å². The predicted molar refractivity (Wildman–Crippen MR) is 64.5 cm³/mol. The highest BCUT2D eigenvalue weighted by atomic mass is 15.3. The Balaban J connectivity index is 0.000000442. The Bertz CT molecular complexity index is 394. The minimum atomic E-state index is 0.186. The molecule has 0 radical (unpaired) electrons. The first kappa shape index (κ1) is 13.2. The molecule has 0 amide bonds. The van der Waals surface area contributed by atoms with Crippen LogP contribution in [0, 0.1) is 0 Å². The lowest BCUT2D eigenvalue weighted by Crippen LogP contribution is -2.04. The SMILES string of the molecule is CC.CC.Nc1nc(N)c2cccn2n1. The van der Waals surface area contributed by atoms with Gasteiger partial charge < -0.3 is 11.5 Å². The van der Waals surface area contributed by atoms with E-state index < -0.39 is 0 Å². The summed E-state index contributed by atoms with van der Waals surface area (Å²) in [7, 11) is 0. The lowest BCUT2D eigenvalue weighted by Gasteiger charge is -1.97. The molecule has 5 nitrogen and oxygen atoms in total. The van der Waals surface area contributed by atoms with Crippen LogP contribution in [0.3, 0.4) is 0 Å². The molecule has 0 spiro atoms. The van der Waals surface area contributed by atoms with Crippen molar-refractivity contribution in [2.24, 2.45) is 0 Å². The summed E-state index contributed by atoms with van der Waals surface area (Å²) in [5.41, 5.74) is 11.7. The van der Waals surface area contributed by atoms with Crippen LogP contribution in [0.1, 0.15) is 27.7 Å². The highest BCUT2D eigenvalue weighted by Gasteiger charge is 1.99. The highest BCUT2D eigenvalue weighted by Crippen LogP contribution is 2.09. The van der Waals surface area contributed by atoms with Crippen LogP contribution in [0.25, 0.3) is 5.52 Å². The normalized spacial score (nSPS) is 8.53. The molecule has 0 aromatic carbocycles. The molecule has 2 rings (SSSR count). The topological polar surface area (TPSA) is 82.2 Å². The maximum atomic E-state index is 5.55. The molecule has 0 bridgehead atoms. The summed E-state index contributed by atoms with van der Waals surface area (Å²) in [6.45, 7) is 8.00. The van der Waals surface area contributed by atoms with Crippen molar-refractivity contribution in [2.75, 3.05) is 11.5 Å². The van der Waals surface area contributed by atoms with Gasteiger partial charge in [-0.15, -0.1) is 5.10 Å². The van der Waals surface area contributed by atoms with E-state index in [-0.39, 0.29) is 5.95 Å². The van der Waals surface area contributed by atoms with Gasteiger partial charge in [0.15, 0.2) is 5.82 Å². The summed E-state index contributed by atoms with van der Waals surface area (Å²) in [5.74, 6) is 0.591. The molecule has 2 heterocycles. The zero-order valence-corrected chi connectivity index (χ0v) is 9.73. The van der Waals surface area contributed by atoms with Gasteiger partial charge in [-0.2, -0.15) is 4.98 Å². The van der Waals surface area contributed by atoms with E-state index >= 15 is 0 Å². The van der Waals surface area contributed by atoms with Gasteiger partial charge in [-0.3, -0.25) is 0 Å². The van der Waals surface area contributed by atoms with Crippen molar-refractivity contribution in [1.82, 2.24) is 14.6 Å². The van der Waals surface area contributed by atoms with E-state index in [0.29, 0.717) is 5.82 Å². The van der Waals surface area contributed by atoms with Crippen molar-refractivity contribution in [1.29, 1.82) is 0 Å². The van der Waals surface area contributed by atoms with Crippen LogP contribution in [0.15, 0.2) is 18.3 Å². The molecular weight excluding hydrogens is 190 g/mol. The van der Waals surface area contributed by atoms with Crippen LogP contribution in [0.4, 0.5) is 11.8 Å². The largest absolute Gasteiger partial charge is 0.382 e. The molecule has 0 atom stereocenters. The fourth-order valence-corrected chi connectivity index (χ4v) is 0.976. The van der Waals surface area contributed by atoms with Crippen LogP contribution in [0.5, 0.6) is 0 Å². The van der Waals surface area contributed by atoms with Gasteiger partial charge in [-0.1, -0.05) is 27.7 Å². The average Bonchev–Trinajstić information content (AvgIpc) is 2.72. The van der Waals surface area contributed by atoms with Crippen LogP contribution in [0.2, 0.25) is 0 Å². The smallest absolute Gasteiger partial charge is 0.240 e. The summed E-state index contributed by atoms with van der Waals surface area (Å²) in [6, 6.07) is 3.66. The summed E-state index contributed by atoms with van der Waals surface area (Å²) < 4.78 is 1.59. The quantitative estimate of drug-likeness (QED) is 0.694. The van der Waals surface area contributed by atoms with Crippen molar-refractivity contribution in [2.45, 2.75) is 27.7 Å². The molecule has 4 N–H and O–H groups in total. The molecule has 0 fully saturated rings. The molecule has 84 valence electrons. The summed E-state index contributed by atoms with van der Waals surface area (Å²) in [6.07, 6.45) is 1.77. The Morgan fingerprint density at radius 3 is 2.33 bits per heavy atom. The van der Waals surface area contributed by atoms with Crippen molar-refractivity contribution in [3.05, 3.63) is 18.3 Å². The molecule has 0 saturated heterocycles. The molecule has 0 aliphatic rings. The number of fused-ring (bicyclic) bond motifs is 1. The van der Waals surface area contributed by atoms with Crippen molar-refractivity contribution < 1.29 is 0 Å². The highest BCUT2D eigenvalue weighted by molar-refractivity contribution is 5.65. The van der Waals surface area contributed by atoms with E-state index in [1.807, 2.05) is 39.8 Å². The molecule has 15 heavy (non-hydrogen) atoms. The number of nitrogen functional groups attached to an aromatic ring is 2. The van der Waals surface area contributed by atoms with E-state index in [9.17, 15) is 0 Å². The van der Waals surface area contributed by atoms with Crippen molar-refractivity contribution >= 4 is 17.3 Å². The van der Waals surface area contributed by atoms with Crippen LogP contribution in [-0.4, -0.2) is 14.6 Å². The van der Waals surface area contributed by atoms with Gasteiger partial charge in [0.05, 0.1) is 0 Å². The maximum absolute atomic E-state index is 5.55. The number of hydrogen-bond donors (Lipinski definition) is 2. The standard InChI is InChI=1S/C6H7N5.2C2H6/c7-5-4-2-1-3-11(4)10-6(8)9-5;2*1-2/h1-3H,(H4,7,8,9,10);2*1-2H3. The fraction of sp³-hybridized carbons (Fsp3) is 0.400. The van der Waals surface area contributed by atoms with Gasteiger partial charge in [-0.05, 0) is 12.1 Å². The number of aromatic nitrogens is 3. The fourth-order valence-electron chi connectivity index (χ4n) is 0.976. The Kier molecular flexibility index (Phi) is 5.85. The van der Waals surface area contributed by atoms with E-state index in [1.54, 1.807) is 10.7 Å². The Morgan fingerprint density at radius 1 is 1.13 bits per heavy atom. The number of anilines is 2. The Morgan fingerprint density at radius 2 is 1.73 bits per heavy atom. The summed E-state index contributed by atoms with van der Waals surface area (Å²) >= 11 is 0. The zero-order valence-electron chi connectivity index (χ0n) is 9.73. The van der Waals surface area contributed by atoms with Crippen LogP contribution in [-0.2, 0) is 0 Å². The van der Waals surface area contributed by atoms with Crippen molar-refractivity contribution in [3.8, 4) is 0 Å². The summed E-state index contributed by atoms with van der Waals surface area (Å²) in [5, 5.41) is 3.90. The maximum Gasteiger partial charge on any atom is 0.240 e. The number of hydrogen-bond acceptors (Lipinski definition) is 4.